The molecule has 1 N–H and O–H groups in total. The molecule has 7 heteroatoms. The summed E-state index contributed by atoms with van der Waals surface area (Å²) in [5, 5.41) is 3.07. The Bertz CT molecular complexity index is 1010. The topological polar surface area (TPSA) is 50.8 Å². The molecule has 170 valence electrons. The monoisotopic (exact) mass is 442 g/mol. The lowest BCUT2D eigenvalue weighted by molar-refractivity contribution is -0.0361. The van der Waals surface area contributed by atoms with Crippen LogP contribution in [0, 0.1) is 23.0 Å². The summed E-state index contributed by atoms with van der Waals surface area (Å²) in [5.41, 5.74) is 1.56. The van der Waals surface area contributed by atoms with Crippen LogP contribution in [-0.4, -0.2) is 43.3 Å². The first kappa shape index (κ1) is 21.2. The Morgan fingerprint density at radius 1 is 1.09 bits per heavy atom. The lowest BCUT2D eigenvalue weighted by Crippen LogP contribution is -2.53. The molecule has 0 saturated carbocycles. The van der Waals surface area contributed by atoms with E-state index in [2.05, 4.69) is 10.2 Å². The van der Waals surface area contributed by atoms with Gasteiger partial charge in [-0.25, -0.2) is 13.6 Å². The number of piperidine rings is 3. The number of amides is 1. The number of rotatable bonds is 3. The van der Waals surface area contributed by atoms with Crippen molar-refractivity contribution >= 4 is 6.09 Å². The maximum Gasteiger partial charge on any atom is 0.407 e. The highest BCUT2D eigenvalue weighted by atomic mass is 19.1. The van der Waals surface area contributed by atoms with Crippen molar-refractivity contribution in [3.8, 4) is 16.9 Å². The number of carbonyl (C=O) groups is 1. The van der Waals surface area contributed by atoms with Crippen molar-refractivity contribution in [3.05, 3.63) is 53.6 Å². The van der Waals surface area contributed by atoms with Crippen LogP contribution in [0.25, 0.3) is 11.1 Å². The molecular weight excluding hydrogens is 414 g/mol. The van der Waals surface area contributed by atoms with Gasteiger partial charge in [-0.05, 0) is 61.2 Å². The van der Waals surface area contributed by atoms with Gasteiger partial charge in [-0.1, -0.05) is 26.0 Å². The average Bonchev–Trinajstić information content (AvgIpc) is 2.75. The SMILES string of the molecule is CC1(C)COc2cc(-c3cc(F)cc(F)c3)ccc2C1NC(=O)O[C@@H]1CN2CCC1CC2. The molecule has 0 radical (unpaired) electrons. The van der Waals surface area contributed by atoms with Crippen LogP contribution in [-0.2, 0) is 4.74 Å². The Labute approximate surface area is 186 Å². The number of halogens is 2. The number of nitrogens with zero attached hydrogens (tertiary/aromatic N) is 1. The second-order valence-electron chi connectivity index (χ2n) is 9.85. The quantitative estimate of drug-likeness (QED) is 0.734. The lowest BCUT2D eigenvalue weighted by atomic mass is 9.78. The molecule has 3 saturated heterocycles. The van der Waals surface area contributed by atoms with E-state index < -0.39 is 17.7 Å². The fraction of sp³-hybridized carbons (Fsp3) is 0.480. The summed E-state index contributed by atoms with van der Waals surface area (Å²) in [5.74, 6) is -0.223. The molecule has 0 aromatic heterocycles. The van der Waals surface area contributed by atoms with E-state index >= 15 is 0 Å². The van der Waals surface area contributed by atoms with Gasteiger partial charge in [0.15, 0.2) is 0 Å². The Morgan fingerprint density at radius 2 is 1.81 bits per heavy atom. The standard InChI is InChI=1S/C25H28F2N2O3/c1-25(2)14-31-21-11-16(17-9-18(26)12-19(27)10-17)3-4-20(21)23(25)28-24(30)32-22-13-29-7-5-15(22)6-8-29/h3-4,9-12,15,22-23H,5-8,13-14H2,1-2H3,(H,28,30)/t22-,23?/m1/s1. The zero-order valence-electron chi connectivity index (χ0n) is 18.4. The normalized spacial score (nSPS) is 27.9. The number of ether oxygens (including phenoxy) is 2. The van der Waals surface area contributed by atoms with Crippen LogP contribution >= 0.6 is 0 Å². The van der Waals surface area contributed by atoms with Crippen molar-refractivity contribution in [2.45, 2.75) is 38.8 Å². The minimum atomic E-state index is -0.630. The van der Waals surface area contributed by atoms with Crippen LogP contribution in [0.2, 0.25) is 0 Å². The van der Waals surface area contributed by atoms with E-state index in [-0.39, 0.29) is 17.6 Å². The molecule has 2 atom stereocenters. The second kappa shape index (κ2) is 8.03. The third-order valence-electron chi connectivity index (χ3n) is 7.02. The number of carbonyl (C=O) groups excluding carboxylic acids is 1. The zero-order valence-corrected chi connectivity index (χ0v) is 18.4. The molecule has 4 heterocycles. The lowest BCUT2D eigenvalue weighted by Gasteiger charge is -2.44. The molecule has 0 aliphatic carbocycles. The maximum absolute atomic E-state index is 13.7. The second-order valence-corrected chi connectivity index (χ2v) is 9.85. The van der Waals surface area contributed by atoms with Gasteiger partial charge in [0.25, 0.3) is 0 Å². The van der Waals surface area contributed by atoms with Gasteiger partial charge >= 0.3 is 6.09 Å². The fourth-order valence-electron chi connectivity index (χ4n) is 5.17. The summed E-state index contributed by atoms with van der Waals surface area (Å²) in [4.78, 5) is 15.2. The van der Waals surface area contributed by atoms with E-state index in [0.717, 1.165) is 44.1 Å². The predicted molar refractivity (Wildman–Crippen MR) is 116 cm³/mol. The van der Waals surface area contributed by atoms with Gasteiger partial charge in [-0.15, -0.1) is 0 Å². The third kappa shape index (κ3) is 4.06. The highest BCUT2D eigenvalue weighted by molar-refractivity contribution is 5.70. The highest BCUT2D eigenvalue weighted by Gasteiger charge is 2.41. The summed E-state index contributed by atoms with van der Waals surface area (Å²) in [6.45, 7) is 7.44. The molecule has 3 fully saturated rings. The molecule has 4 aliphatic rings. The molecule has 2 aromatic carbocycles. The summed E-state index contributed by atoms with van der Waals surface area (Å²) in [6.07, 6.45) is 1.68. The summed E-state index contributed by atoms with van der Waals surface area (Å²) in [7, 11) is 0. The van der Waals surface area contributed by atoms with Crippen LogP contribution in [0.4, 0.5) is 13.6 Å². The minimum absolute atomic E-state index is 0.0647. The summed E-state index contributed by atoms with van der Waals surface area (Å²) < 4.78 is 39.2. The predicted octanol–water partition coefficient (Wildman–Crippen LogP) is 4.91. The third-order valence-corrected chi connectivity index (χ3v) is 7.02. The van der Waals surface area contributed by atoms with E-state index in [1.54, 1.807) is 12.1 Å². The van der Waals surface area contributed by atoms with Gasteiger partial charge in [0.1, 0.15) is 23.5 Å². The molecule has 5 nitrogen and oxygen atoms in total. The fourth-order valence-corrected chi connectivity index (χ4v) is 5.17. The van der Waals surface area contributed by atoms with E-state index in [1.165, 1.54) is 12.1 Å². The van der Waals surface area contributed by atoms with E-state index in [9.17, 15) is 13.6 Å². The molecule has 2 bridgehead atoms. The Kier molecular flexibility index (Phi) is 5.32. The molecule has 4 aliphatic heterocycles. The van der Waals surface area contributed by atoms with E-state index in [1.807, 2.05) is 19.9 Å². The largest absolute Gasteiger partial charge is 0.493 e. The maximum atomic E-state index is 13.7. The van der Waals surface area contributed by atoms with Crippen molar-refractivity contribution in [2.75, 3.05) is 26.2 Å². The van der Waals surface area contributed by atoms with Gasteiger partial charge in [0.2, 0.25) is 0 Å². The molecule has 1 unspecified atom stereocenters. The molecule has 0 spiro atoms. The van der Waals surface area contributed by atoms with Crippen molar-refractivity contribution in [3.63, 3.8) is 0 Å². The van der Waals surface area contributed by atoms with Gasteiger partial charge in [0.05, 0.1) is 12.6 Å². The number of hydrogen-bond acceptors (Lipinski definition) is 4. The first-order valence-corrected chi connectivity index (χ1v) is 11.2. The molecular formula is C25H28F2N2O3. The van der Waals surface area contributed by atoms with Crippen LogP contribution in [0.15, 0.2) is 36.4 Å². The number of hydrogen-bond donors (Lipinski definition) is 1. The smallest absolute Gasteiger partial charge is 0.407 e. The first-order valence-electron chi connectivity index (χ1n) is 11.2. The molecule has 32 heavy (non-hydrogen) atoms. The molecule has 1 amide bonds. The van der Waals surface area contributed by atoms with Crippen molar-refractivity contribution in [2.24, 2.45) is 11.3 Å². The van der Waals surface area contributed by atoms with E-state index in [0.29, 0.717) is 29.4 Å². The van der Waals surface area contributed by atoms with Crippen molar-refractivity contribution in [1.29, 1.82) is 0 Å². The van der Waals surface area contributed by atoms with Gasteiger partial charge in [-0.2, -0.15) is 0 Å². The summed E-state index contributed by atoms with van der Waals surface area (Å²) in [6, 6.07) is 8.54. The molecule has 2 aromatic rings. The number of fused-ring (bicyclic) bond motifs is 4. The van der Waals surface area contributed by atoms with Gasteiger partial charge in [-0.3, -0.25) is 4.90 Å². The Morgan fingerprint density at radius 3 is 2.47 bits per heavy atom. The first-order chi connectivity index (χ1) is 15.3. The van der Waals surface area contributed by atoms with Crippen LogP contribution in [0.1, 0.15) is 38.3 Å². The Balaban J connectivity index is 1.36. The molecule has 6 rings (SSSR count). The zero-order chi connectivity index (χ0) is 22.5. The minimum Gasteiger partial charge on any atom is -0.493 e. The van der Waals surface area contributed by atoms with Gasteiger partial charge < -0.3 is 14.8 Å². The summed E-state index contributed by atoms with van der Waals surface area (Å²) >= 11 is 0. The van der Waals surface area contributed by atoms with E-state index in [4.69, 9.17) is 9.47 Å². The number of nitrogens with one attached hydrogen (secondary N) is 1. The van der Waals surface area contributed by atoms with Crippen LogP contribution in [0.5, 0.6) is 5.75 Å². The van der Waals surface area contributed by atoms with Crippen LogP contribution < -0.4 is 10.1 Å². The number of alkyl carbamates (subject to hydrolysis) is 1. The Hall–Kier alpha value is -2.67. The number of benzene rings is 2. The average molecular weight is 443 g/mol. The van der Waals surface area contributed by atoms with Gasteiger partial charge in [0, 0.05) is 23.6 Å². The van der Waals surface area contributed by atoms with Crippen LogP contribution in [0.3, 0.4) is 0 Å². The highest BCUT2D eigenvalue weighted by Crippen LogP contribution is 2.44. The van der Waals surface area contributed by atoms with Crippen molar-refractivity contribution in [1.82, 2.24) is 10.2 Å². The van der Waals surface area contributed by atoms with Crippen molar-refractivity contribution < 1.29 is 23.0 Å².